The Morgan fingerprint density at radius 2 is 2.07 bits per heavy atom. The Hall–Kier alpha value is -1.20. The first kappa shape index (κ1) is 10.9. The van der Waals surface area contributed by atoms with Gasteiger partial charge in [0.05, 0.1) is 6.61 Å². The molecule has 0 aliphatic carbocycles. The molecule has 1 aromatic rings. The Morgan fingerprint density at radius 1 is 1.29 bits per heavy atom. The van der Waals surface area contributed by atoms with Gasteiger partial charge in [0, 0.05) is 12.6 Å². The average molecular weight is 202 g/mol. The van der Waals surface area contributed by atoms with E-state index in [0.29, 0.717) is 25.3 Å². The average Bonchev–Trinajstić information content (AvgIpc) is 2.18. The minimum atomic E-state index is -0.903. The molecule has 14 heavy (non-hydrogen) atoms. The Morgan fingerprint density at radius 3 is 2.71 bits per heavy atom. The molecule has 0 fully saturated rings. The van der Waals surface area contributed by atoms with E-state index in [0.717, 1.165) is 12.1 Å². The van der Waals surface area contributed by atoms with Crippen LogP contribution in [0, 0.1) is 11.6 Å². The van der Waals surface area contributed by atoms with Gasteiger partial charge in [-0.1, -0.05) is 0 Å². The van der Waals surface area contributed by atoms with Gasteiger partial charge < -0.3 is 4.74 Å². The number of hydrazine groups is 1. The SMILES string of the molecule is NNCCCOc1ccc(F)c(F)c1. The van der Waals surface area contributed by atoms with Crippen molar-refractivity contribution in [1.82, 2.24) is 5.43 Å². The highest BCUT2D eigenvalue weighted by Gasteiger charge is 2.02. The molecular weight excluding hydrogens is 190 g/mol. The fourth-order valence-corrected chi connectivity index (χ4v) is 0.931. The molecule has 3 nitrogen and oxygen atoms in total. The third-order valence-corrected chi connectivity index (χ3v) is 1.63. The van der Waals surface area contributed by atoms with Crippen LogP contribution in [0.25, 0.3) is 0 Å². The van der Waals surface area contributed by atoms with Crippen molar-refractivity contribution < 1.29 is 13.5 Å². The normalized spacial score (nSPS) is 10.2. The molecule has 0 spiro atoms. The minimum absolute atomic E-state index is 0.320. The second-order valence-corrected chi connectivity index (χ2v) is 2.73. The molecule has 3 N–H and O–H groups in total. The molecule has 0 aliphatic rings. The first-order chi connectivity index (χ1) is 6.74. The number of nitrogens with one attached hydrogen (secondary N) is 1. The molecule has 0 atom stereocenters. The van der Waals surface area contributed by atoms with Gasteiger partial charge in [-0.3, -0.25) is 11.3 Å². The van der Waals surface area contributed by atoms with E-state index in [2.05, 4.69) is 5.43 Å². The van der Waals surface area contributed by atoms with Gasteiger partial charge >= 0.3 is 0 Å². The molecule has 0 saturated heterocycles. The van der Waals surface area contributed by atoms with Gasteiger partial charge in [-0.15, -0.1) is 0 Å². The number of benzene rings is 1. The van der Waals surface area contributed by atoms with Crippen molar-refractivity contribution in [3.8, 4) is 5.75 Å². The van der Waals surface area contributed by atoms with Gasteiger partial charge in [0.25, 0.3) is 0 Å². The van der Waals surface area contributed by atoms with Crippen LogP contribution in [0.2, 0.25) is 0 Å². The van der Waals surface area contributed by atoms with Crippen LogP contribution in [0.15, 0.2) is 18.2 Å². The highest BCUT2D eigenvalue weighted by atomic mass is 19.2. The molecule has 0 heterocycles. The molecular formula is C9H12F2N2O. The van der Waals surface area contributed by atoms with Crippen molar-refractivity contribution in [2.75, 3.05) is 13.2 Å². The number of nitrogens with two attached hydrogens (primary N) is 1. The van der Waals surface area contributed by atoms with Crippen LogP contribution in [-0.4, -0.2) is 13.2 Å². The van der Waals surface area contributed by atoms with Gasteiger partial charge in [-0.05, 0) is 18.6 Å². The van der Waals surface area contributed by atoms with Gasteiger partial charge in [0.15, 0.2) is 11.6 Å². The van der Waals surface area contributed by atoms with Crippen LogP contribution in [-0.2, 0) is 0 Å². The third kappa shape index (κ3) is 3.27. The Labute approximate surface area is 80.8 Å². The zero-order chi connectivity index (χ0) is 10.4. The molecule has 5 heteroatoms. The maximum absolute atomic E-state index is 12.7. The summed E-state index contributed by atoms with van der Waals surface area (Å²) >= 11 is 0. The third-order valence-electron chi connectivity index (χ3n) is 1.63. The van der Waals surface area contributed by atoms with Crippen LogP contribution in [0.5, 0.6) is 5.75 Å². The number of ether oxygens (including phenoxy) is 1. The topological polar surface area (TPSA) is 47.3 Å². The van der Waals surface area contributed by atoms with Crippen LogP contribution in [0.4, 0.5) is 8.78 Å². The number of hydrogen-bond donors (Lipinski definition) is 2. The van der Waals surface area contributed by atoms with E-state index < -0.39 is 11.6 Å². The smallest absolute Gasteiger partial charge is 0.162 e. The highest BCUT2D eigenvalue weighted by molar-refractivity contribution is 5.23. The fraction of sp³-hybridized carbons (Fsp3) is 0.333. The largest absolute Gasteiger partial charge is 0.493 e. The Kier molecular flexibility index (Phi) is 4.28. The summed E-state index contributed by atoms with van der Waals surface area (Å²) in [4.78, 5) is 0. The van der Waals surface area contributed by atoms with Crippen LogP contribution in [0.1, 0.15) is 6.42 Å². The van der Waals surface area contributed by atoms with Gasteiger partial charge in [0.2, 0.25) is 0 Å². The van der Waals surface area contributed by atoms with E-state index in [-0.39, 0.29) is 0 Å². The van der Waals surface area contributed by atoms with Crippen molar-refractivity contribution in [3.05, 3.63) is 29.8 Å². The fourth-order valence-electron chi connectivity index (χ4n) is 0.931. The van der Waals surface area contributed by atoms with Crippen molar-refractivity contribution >= 4 is 0 Å². The van der Waals surface area contributed by atoms with Gasteiger partial charge in [-0.2, -0.15) is 0 Å². The summed E-state index contributed by atoms with van der Waals surface area (Å²) in [6.07, 6.45) is 0.704. The van der Waals surface area contributed by atoms with Crippen LogP contribution < -0.4 is 16.0 Å². The van der Waals surface area contributed by atoms with Crippen molar-refractivity contribution in [1.29, 1.82) is 0 Å². The molecule has 0 radical (unpaired) electrons. The molecule has 0 saturated carbocycles. The molecule has 1 aromatic carbocycles. The van der Waals surface area contributed by atoms with Gasteiger partial charge in [-0.25, -0.2) is 8.78 Å². The van der Waals surface area contributed by atoms with E-state index >= 15 is 0 Å². The van der Waals surface area contributed by atoms with E-state index in [1.807, 2.05) is 0 Å². The zero-order valence-corrected chi connectivity index (χ0v) is 7.59. The summed E-state index contributed by atoms with van der Waals surface area (Å²) in [6.45, 7) is 1.03. The molecule has 0 unspecified atom stereocenters. The predicted octanol–water partition coefficient (Wildman–Crippen LogP) is 1.20. The van der Waals surface area contributed by atoms with E-state index in [1.54, 1.807) is 0 Å². The molecule has 0 aliphatic heterocycles. The van der Waals surface area contributed by atoms with Crippen molar-refractivity contribution in [2.45, 2.75) is 6.42 Å². The zero-order valence-electron chi connectivity index (χ0n) is 7.59. The Balaban J connectivity index is 2.39. The summed E-state index contributed by atoms with van der Waals surface area (Å²) in [5.41, 5.74) is 2.46. The summed E-state index contributed by atoms with van der Waals surface area (Å²) < 4.78 is 30.3. The quantitative estimate of drug-likeness (QED) is 0.428. The maximum atomic E-state index is 12.7. The van der Waals surface area contributed by atoms with Crippen molar-refractivity contribution in [3.63, 3.8) is 0 Å². The molecule has 1 rings (SSSR count). The lowest BCUT2D eigenvalue weighted by molar-refractivity contribution is 0.306. The first-order valence-corrected chi connectivity index (χ1v) is 4.25. The summed E-state index contributed by atoms with van der Waals surface area (Å²) in [5.74, 6) is 3.58. The predicted molar refractivity (Wildman–Crippen MR) is 48.7 cm³/mol. The lowest BCUT2D eigenvalue weighted by Gasteiger charge is -2.05. The summed E-state index contributed by atoms with van der Waals surface area (Å²) in [5, 5.41) is 0. The lowest BCUT2D eigenvalue weighted by Crippen LogP contribution is -2.24. The van der Waals surface area contributed by atoms with E-state index in [1.165, 1.54) is 6.07 Å². The molecule has 0 bridgehead atoms. The number of halogens is 2. The minimum Gasteiger partial charge on any atom is -0.493 e. The summed E-state index contributed by atoms with van der Waals surface area (Å²) in [6, 6.07) is 3.44. The van der Waals surface area contributed by atoms with Gasteiger partial charge in [0.1, 0.15) is 5.75 Å². The molecule has 78 valence electrons. The van der Waals surface area contributed by atoms with Crippen molar-refractivity contribution in [2.24, 2.45) is 5.84 Å². The van der Waals surface area contributed by atoms with E-state index in [9.17, 15) is 8.78 Å². The monoisotopic (exact) mass is 202 g/mol. The second kappa shape index (κ2) is 5.51. The Bertz CT molecular complexity index is 294. The number of hydrogen-bond acceptors (Lipinski definition) is 3. The van der Waals surface area contributed by atoms with E-state index in [4.69, 9.17) is 10.6 Å². The molecule has 0 aromatic heterocycles. The number of rotatable bonds is 5. The summed E-state index contributed by atoms with van der Waals surface area (Å²) in [7, 11) is 0. The molecule has 0 amide bonds. The van der Waals surface area contributed by atoms with Crippen LogP contribution >= 0.6 is 0 Å². The lowest BCUT2D eigenvalue weighted by atomic mass is 10.3. The standard InChI is InChI=1S/C9H12F2N2O/c10-8-3-2-7(6-9(8)11)14-5-1-4-13-12/h2-3,6,13H,1,4-5,12H2. The second-order valence-electron chi connectivity index (χ2n) is 2.73. The maximum Gasteiger partial charge on any atom is 0.162 e. The first-order valence-electron chi connectivity index (χ1n) is 4.25. The van der Waals surface area contributed by atoms with Crippen LogP contribution in [0.3, 0.4) is 0 Å². The highest BCUT2D eigenvalue weighted by Crippen LogP contribution is 2.15.